The van der Waals surface area contributed by atoms with E-state index in [4.69, 9.17) is 20.4 Å². The lowest BCUT2D eigenvalue weighted by atomic mass is 9.83. The van der Waals surface area contributed by atoms with Crippen molar-refractivity contribution >= 4 is 22.8 Å². The molecular weight excluding hydrogens is 358 g/mol. The van der Waals surface area contributed by atoms with Crippen molar-refractivity contribution in [1.29, 1.82) is 0 Å². The zero-order valence-corrected chi connectivity index (χ0v) is 16.6. The van der Waals surface area contributed by atoms with Crippen LogP contribution in [0.15, 0.2) is 36.5 Å². The Morgan fingerprint density at radius 1 is 1.29 bits per heavy atom. The Morgan fingerprint density at radius 3 is 2.71 bits per heavy atom. The quantitative estimate of drug-likeness (QED) is 0.658. The second kappa shape index (κ2) is 10.8. The predicted molar refractivity (Wildman–Crippen MR) is 109 cm³/mol. The van der Waals surface area contributed by atoms with Gasteiger partial charge in [0.25, 0.3) is 5.97 Å². The number of carboxylic acid groups (broad SMARTS) is 1. The minimum Gasteiger partial charge on any atom is -0.481 e. The zero-order valence-electron chi connectivity index (χ0n) is 16.6. The first-order valence-corrected chi connectivity index (χ1v) is 9.72. The molecule has 2 aromatic rings. The third-order valence-corrected chi connectivity index (χ3v) is 5.07. The largest absolute Gasteiger partial charge is 0.481 e. The average molecular weight is 389 g/mol. The average Bonchev–Trinajstić information content (AvgIpc) is 3.08. The van der Waals surface area contributed by atoms with E-state index in [1.165, 1.54) is 10.9 Å². The summed E-state index contributed by atoms with van der Waals surface area (Å²) in [6, 6.07) is 10.5. The van der Waals surface area contributed by atoms with Crippen molar-refractivity contribution in [2.75, 3.05) is 13.7 Å². The Kier molecular flexibility index (Phi) is 8.47. The van der Waals surface area contributed by atoms with Gasteiger partial charge in [0.1, 0.15) is 0 Å². The van der Waals surface area contributed by atoms with Crippen molar-refractivity contribution in [2.24, 2.45) is 11.7 Å². The number of nitrogens with one attached hydrogen (secondary N) is 1. The Labute approximate surface area is 165 Å². The number of ether oxygens (including phenoxy) is 1. The summed E-state index contributed by atoms with van der Waals surface area (Å²) >= 11 is 0. The van der Waals surface area contributed by atoms with Gasteiger partial charge < -0.3 is 25.5 Å². The molecule has 1 aliphatic rings. The number of carboxylic acids is 1. The van der Waals surface area contributed by atoms with E-state index < -0.39 is 5.97 Å². The SMILES string of the molecule is CC(=O)O.CO[C@@H]1C[C@@H](C(=O)NCCCn2ccc3ccccc32)CC[C@H]1N. The molecule has 0 bridgehead atoms. The molecule has 1 aliphatic carbocycles. The van der Waals surface area contributed by atoms with Gasteiger partial charge in [-0.15, -0.1) is 0 Å². The Morgan fingerprint density at radius 2 is 2.00 bits per heavy atom. The fraction of sp³-hybridized carbons (Fsp3) is 0.524. The standard InChI is InChI=1S/C19H27N3O2.C2H4O2/c1-24-18-13-15(7-8-16(18)20)19(23)21-10-4-11-22-12-9-14-5-2-3-6-17(14)22;1-2(3)4/h2-3,5-6,9,12,15-16,18H,4,7-8,10-11,13,20H2,1H3,(H,21,23);1H3,(H,3,4)/t15-,16+,18+;/m0./s1. The van der Waals surface area contributed by atoms with E-state index in [0.29, 0.717) is 6.54 Å². The summed E-state index contributed by atoms with van der Waals surface area (Å²) in [5.41, 5.74) is 7.26. The van der Waals surface area contributed by atoms with Gasteiger partial charge in [-0.1, -0.05) is 18.2 Å². The van der Waals surface area contributed by atoms with E-state index in [9.17, 15) is 4.79 Å². The number of fused-ring (bicyclic) bond motifs is 1. The number of nitrogens with two attached hydrogens (primary N) is 1. The number of nitrogens with zero attached hydrogens (tertiary/aromatic N) is 1. The molecule has 7 nitrogen and oxygen atoms in total. The van der Waals surface area contributed by atoms with E-state index >= 15 is 0 Å². The number of amides is 1. The molecule has 0 aliphatic heterocycles. The van der Waals surface area contributed by atoms with Crippen LogP contribution in [-0.2, 0) is 20.9 Å². The van der Waals surface area contributed by atoms with Gasteiger partial charge >= 0.3 is 0 Å². The monoisotopic (exact) mass is 389 g/mol. The van der Waals surface area contributed by atoms with Gasteiger partial charge in [-0.3, -0.25) is 9.59 Å². The fourth-order valence-corrected chi connectivity index (χ4v) is 3.60. The van der Waals surface area contributed by atoms with E-state index in [-0.39, 0.29) is 24.0 Å². The first-order chi connectivity index (χ1) is 13.4. The maximum Gasteiger partial charge on any atom is 0.300 e. The van der Waals surface area contributed by atoms with E-state index in [2.05, 4.69) is 46.4 Å². The van der Waals surface area contributed by atoms with Crippen molar-refractivity contribution in [2.45, 2.75) is 51.3 Å². The summed E-state index contributed by atoms with van der Waals surface area (Å²) in [5, 5.41) is 11.7. The molecule has 3 rings (SSSR count). The number of rotatable bonds is 6. The molecule has 154 valence electrons. The molecule has 28 heavy (non-hydrogen) atoms. The highest BCUT2D eigenvalue weighted by Crippen LogP contribution is 2.25. The number of para-hydroxylation sites is 1. The minimum atomic E-state index is -0.833. The fourth-order valence-electron chi connectivity index (χ4n) is 3.60. The highest BCUT2D eigenvalue weighted by molar-refractivity contribution is 5.80. The van der Waals surface area contributed by atoms with Crippen LogP contribution in [-0.4, -0.2) is 47.4 Å². The summed E-state index contributed by atoms with van der Waals surface area (Å²) < 4.78 is 7.63. The Balaban J connectivity index is 0.000000640. The summed E-state index contributed by atoms with van der Waals surface area (Å²) in [4.78, 5) is 21.3. The molecule has 1 aromatic carbocycles. The molecule has 1 amide bonds. The summed E-state index contributed by atoms with van der Waals surface area (Å²) in [6.07, 6.45) is 5.47. The zero-order chi connectivity index (χ0) is 20.5. The molecule has 0 radical (unpaired) electrons. The number of aliphatic carboxylic acids is 1. The lowest BCUT2D eigenvalue weighted by molar-refractivity contribution is -0.134. The third kappa shape index (κ3) is 6.35. The van der Waals surface area contributed by atoms with Crippen LogP contribution in [0.3, 0.4) is 0 Å². The normalized spacial score (nSPS) is 21.6. The second-order valence-electron chi connectivity index (χ2n) is 7.18. The summed E-state index contributed by atoms with van der Waals surface area (Å²) in [6.45, 7) is 2.69. The molecule has 7 heteroatoms. The van der Waals surface area contributed by atoms with Crippen LogP contribution in [0.5, 0.6) is 0 Å². The summed E-state index contributed by atoms with van der Waals surface area (Å²) in [7, 11) is 1.67. The molecule has 3 atom stereocenters. The summed E-state index contributed by atoms with van der Waals surface area (Å²) in [5.74, 6) is -0.663. The van der Waals surface area contributed by atoms with E-state index in [1.54, 1.807) is 7.11 Å². The third-order valence-electron chi connectivity index (χ3n) is 5.07. The van der Waals surface area contributed by atoms with Crippen molar-refractivity contribution in [3.8, 4) is 0 Å². The van der Waals surface area contributed by atoms with Crippen LogP contribution in [0, 0.1) is 5.92 Å². The predicted octanol–water partition coefficient (Wildman–Crippen LogP) is 2.38. The number of aryl methyl sites for hydroxylation is 1. The van der Waals surface area contributed by atoms with E-state index in [1.807, 2.05) is 0 Å². The molecule has 0 saturated heterocycles. The van der Waals surface area contributed by atoms with Crippen molar-refractivity contribution in [3.05, 3.63) is 36.5 Å². The van der Waals surface area contributed by atoms with Gasteiger partial charge in [-0.25, -0.2) is 0 Å². The van der Waals surface area contributed by atoms with Crippen molar-refractivity contribution in [3.63, 3.8) is 0 Å². The number of aromatic nitrogens is 1. The molecule has 4 N–H and O–H groups in total. The lowest BCUT2D eigenvalue weighted by Gasteiger charge is -2.32. The topological polar surface area (TPSA) is 107 Å². The smallest absolute Gasteiger partial charge is 0.300 e. The minimum absolute atomic E-state index is 0.000684. The van der Waals surface area contributed by atoms with Gasteiger partial charge in [-0.2, -0.15) is 0 Å². The highest BCUT2D eigenvalue weighted by Gasteiger charge is 2.31. The van der Waals surface area contributed by atoms with Crippen molar-refractivity contribution < 1.29 is 19.4 Å². The van der Waals surface area contributed by atoms with Crippen LogP contribution in [0.1, 0.15) is 32.6 Å². The highest BCUT2D eigenvalue weighted by atomic mass is 16.5. The molecule has 1 heterocycles. The van der Waals surface area contributed by atoms with Crippen LogP contribution >= 0.6 is 0 Å². The lowest BCUT2D eigenvalue weighted by Crippen LogP contribution is -2.45. The van der Waals surface area contributed by atoms with Crippen LogP contribution < -0.4 is 11.1 Å². The Hall–Kier alpha value is -2.38. The van der Waals surface area contributed by atoms with Crippen LogP contribution in [0.25, 0.3) is 10.9 Å². The van der Waals surface area contributed by atoms with Crippen LogP contribution in [0.2, 0.25) is 0 Å². The van der Waals surface area contributed by atoms with Crippen molar-refractivity contribution in [1.82, 2.24) is 9.88 Å². The number of hydrogen-bond donors (Lipinski definition) is 3. The molecule has 1 fully saturated rings. The molecule has 1 aromatic heterocycles. The number of hydrogen-bond acceptors (Lipinski definition) is 4. The number of carbonyl (C=O) groups excluding carboxylic acids is 1. The van der Waals surface area contributed by atoms with Gasteiger partial charge in [-0.05, 0) is 43.2 Å². The molecular formula is C21H31N3O4. The van der Waals surface area contributed by atoms with Gasteiger partial charge in [0.05, 0.1) is 6.10 Å². The maximum atomic E-state index is 12.3. The Bertz CT molecular complexity index is 770. The number of methoxy groups -OCH3 is 1. The molecule has 1 saturated carbocycles. The number of carbonyl (C=O) groups is 2. The second-order valence-corrected chi connectivity index (χ2v) is 7.18. The maximum absolute atomic E-state index is 12.3. The van der Waals surface area contributed by atoms with Gasteiger partial charge in [0.15, 0.2) is 0 Å². The van der Waals surface area contributed by atoms with Gasteiger partial charge in [0, 0.05) is 50.8 Å². The molecule has 0 spiro atoms. The first-order valence-electron chi connectivity index (χ1n) is 9.72. The van der Waals surface area contributed by atoms with Crippen LogP contribution in [0.4, 0.5) is 0 Å². The van der Waals surface area contributed by atoms with E-state index in [0.717, 1.165) is 39.2 Å². The molecule has 0 unspecified atom stereocenters. The van der Waals surface area contributed by atoms with Gasteiger partial charge in [0.2, 0.25) is 5.91 Å². The number of benzene rings is 1. The first kappa shape index (κ1) is 21.9.